The first-order chi connectivity index (χ1) is 19.1. The van der Waals surface area contributed by atoms with Gasteiger partial charge in [-0.2, -0.15) is 0 Å². The molecule has 0 unspecified atom stereocenters. The fourth-order valence-electron chi connectivity index (χ4n) is 3.98. The Hall–Kier alpha value is -3.63. The Morgan fingerprint density at radius 2 is 1.65 bits per heavy atom. The van der Waals surface area contributed by atoms with E-state index < -0.39 is 40.2 Å². The normalized spacial score (nSPS) is 11.9. The molecule has 11 heteroatoms. The number of nitrogens with zero attached hydrogens (tertiary/aromatic N) is 2. The molecule has 0 fully saturated rings. The molecular weight excluding hydrogens is 557 g/mol. The molecule has 0 heterocycles. The van der Waals surface area contributed by atoms with E-state index in [9.17, 15) is 22.4 Å². The largest absolute Gasteiger partial charge is 0.492 e. The molecule has 0 saturated carbocycles. The van der Waals surface area contributed by atoms with Crippen LogP contribution in [0.25, 0.3) is 0 Å². The van der Waals surface area contributed by atoms with Crippen molar-refractivity contribution in [1.82, 2.24) is 10.2 Å². The molecule has 0 spiro atoms. The van der Waals surface area contributed by atoms with E-state index in [1.807, 2.05) is 6.92 Å². The van der Waals surface area contributed by atoms with Crippen LogP contribution in [0.4, 0.5) is 10.1 Å². The van der Waals surface area contributed by atoms with Gasteiger partial charge in [-0.3, -0.25) is 13.9 Å². The van der Waals surface area contributed by atoms with Gasteiger partial charge in [0.05, 0.1) is 17.2 Å². The molecule has 1 N–H and O–H groups in total. The monoisotopic (exact) mass is 589 g/mol. The fourth-order valence-corrected chi connectivity index (χ4v) is 5.53. The number of amides is 2. The summed E-state index contributed by atoms with van der Waals surface area (Å²) in [5.41, 5.74) is 0.328. The summed E-state index contributed by atoms with van der Waals surface area (Å²) in [5.74, 6) is -1.43. The minimum Gasteiger partial charge on any atom is -0.492 e. The molecule has 0 bridgehead atoms. The van der Waals surface area contributed by atoms with E-state index in [2.05, 4.69) is 5.32 Å². The summed E-state index contributed by atoms with van der Waals surface area (Å²) >= 11 is 5.98. The zero-order chi connectivity index (χ0) is 29.3. The highest BCUT2D eigenvalue weighted by Gasteiger charge is 2.34. The van der Waals surface area contributed by atoms with Gasteiger partial charge in [0.15, 0.2) is 0 Å². The number of benzene rings is 3. The van der Waals surface area contributed by atoms with Gasteiger partial charge in [0.25, 0.3) is 10.0 Å². The van der Waals surface area contributed by atoms with Crippen LogP contribution >= 0.6 is 11.6 Å². The molecule has 2 amide bonds. The number of rotatable bonds is 13. The molecule has 214 valence electrons. The van der Waals surface area contributed by atoms with Gasteiger partial charge in [0.2, 0.25) is 11.8 Å². The number of anilines is 1. The molecule has 0 aliphatic rings. The SMILES string of the molecule is CCCNC(=O)[C@@H](C)N(Cc1ccccc1F)C(=O)CN(c1ccccc1OCC)S(=O)(=O)c1ccc(Cl)cc1. The average Bonchev–Trinajstić information content (AvgIpc) is 2.94. The Morgan fingerprint density at radius 3 is 2.30 bits per heavy atom. The first-order valence-electron chi connectivity index (χ1n) is 12.9. The summed E-state index contributed by atoms with van der Waals surface area (Å²) in [7, 11) is -4.31. The molecule has 3 rings (SSSR count). The standard InChI is InChI=1S/C29H33ClFN3O5S/c1-4-18-32-29(36)21(3)33(19-22-10-6-7-11-25(22)31)28(35)20-34(26-12-8-9-13-27(26)39-5-2)40(37,38)24-16-14-23(30)15-17-24/h6-17,21H,4-5,18-20H2,1-3H3,(H,32,36)/t21-/m1/s1. The summed E-state index contributed by atoms with van der Waals surface area (Å²) in [6.45, 7) is 4.91. The third-order valence-electron chi connectivity index (χ3n) is 6.13. The van der Waals surface area contributed by atoms with Crippen molar-refractivity contribution < 1.29 is 27.1 Å². The molecule has 0 aliphatic heterocycles. The van der Waals surface area contributed by atoms with Gasteiger partial charge >= 0.3 is 0 Å². The summed E-state index contributed by atoms with van der Waals surface area (Å²) in [6, 6.07) is 16.9. The Labute approximate surface area is 239 Å². The van der Waals surface area contributed by atoms with Crippen molar-refractivity contribution in [2.45, 2.75) is 44.7 Å². The van der Waals surface area contributed by atoms with Gasteiger partial charge in [-0.15, -0.1) is 0 Å². The van der Waals surface area contributed by atoms with E-state index in [-0.39, 0.29) is 35.0 Å². The zero-order valence-electron chi connectivity index (χ0n) is 22.6. The van der Waals surface area contributed by atoms with Gasteiger partial charge in [-0.1, -0.05) is 48.9 Å². The van der Waals surface area contributed by atoms with E-state index in [1.54, 1.807) is 31.2 Å². The molecule has 0 radical (unpaired) electrons. The first-order valence-corrected chi connectivity index (χ1v) is 14.7. The van der Waals surface area contributed by atoms with Crippen LogP contribution in [0.2, 0.25) is 5.02 Å². The molecule has 8 nitrogen and oxygen atoms in total. The van der Waals surface area contributed by atoms with Crippen molar-refractivity contribution in [3.8, 4) is 5.75 Å². The van der Waals surface area contributed by atoms with Crippen LogP contribution in [-0.2, 0) is 26.2 Å². The number of ether oxygens (including phenoxy) is 1. The zero-order valence-corrected chi connectivity index (χ0v) is 24.2. The van der Waals surface area contributed by atoms with Crippen molar-refractivity contribution in [3.05, 3.63) is 89.2 Å². The molecular formula is C29H33ClFN3O5S. The highest BCUT2D eigenvalue weighted by molar-refractivity contribution is 7.92. The number of nitrogens with one attached hydrogen (secondary N) is 1. The van der Waals surface area contributed by atoms with E-state index in [0.29, 0.717) is 18.0 Å². The maximum Gasteiger partial charge on any atom is 0.264 e. The maximum absolute atomic E-state index is 14.6. The Morgan fingerprint density at radius 1 is 1.00 bits per heavy atom. The fraction of sp³-hybridized carbons (Fsp3) is 0.310. The van der Waals surface area contributed by atoms with E-state index >= 15 is 0 Å². The number of hydrogen-bond acceptors (Lipinski definition) is 5. The number of para-hydroxylation sites is 2. The number of carbonyl (C=O) groups excluding carboxylic acids is 2. The molecule has 0 aliphatic carbocycles. The van der Waals surface area contributed by atoms with Crippen molar-refractivity contribution in [2.24, 2.45) is 0 Å². The lowest BCUT2D eigenvalue weighted by Gasteiger charge is -2.32. The van der Waals surface area contributed by atoms with Gasteiger partial charge < -0.3 is 15.0 Å². The minimum absolute atomic E-state index is 0.0922. The number of hydrogen-bond donors (Lipinski definition) is 1. The molecule has 1 atom stereocenters. The first kappa shape index (κ1) is 30.9. The number of halogens is 2. The second-order valence-electron chi connectivity index (χ2n) is 8.95. The van der Waals surface area contributed by atoms with Crippen molar-refractivity contribution >= 4 is 39.1 Å². The van der Waals surface area contributed by atoms with Crippen LogP contribution < -0.4 is 14.4 Å². The number of sulfonamides is 1. The third kappa shape index (κ3) is 7.51. The predicted octanol–water partition coefficient (Wildman–Crippen LogP) is 5.02. The number of carbonyl (C=O) groups is 2. The highest BCUT2D eigenvalue weighted by atomic mass is 35.5. The van der Waals surface area contributed by atoms with Crippen LogP contribution in [0.1, 0.15) is 32.8 Å². The average molecular weight is 590 g/mol. The van der Waals surface area contributed by atoms with Crippen LogP contribution in [0.15, 0.2) is 77.7 Å². The van der Waals surface area contributed by atoms with E-state index in [4.69, 9.17) is 16.3 Å². The van der Waals surface area contributed by atoms with Gasteiger partial charge in [-0.25, -0.2) is 12.8 Å². The topological polar surface area (TPSA) is 96.0 Å². The van der Waals surface area contributed by atoms with Crippen LogP contribution in [0.5, 0.6) is 5.75 Å². The Balaban J connectivity index is 2.08. The molecule has 3 aromatic rings. The quantitative estimate of drug-likeness (QED) is 0.302. The smallest absolute Gasteiger partial charge is 0.264 e. The molecule has 3 aromatic carbocycles. The summed E-state index contributed by atoms with van der Waals surface area (Å²) < 4.78 is 49.1. The Bertz CT molecular complexity index is 1420. The molecule has 0 aromatic heterocycles. The van der Waals surface area contributed by atoms with Gasteiger partial charge in [0, 0.05) is 23.7 Å². The second kappa shape index (κ2) is 14.1. The highest BCUT2D eigenvalue weighted by Crippen LogP contribution is 2.33. The third-order valence-corrected chi connectivity index (χ3v) is 8.16. The lowest BCUT2D eigenvalue weighted by atomic mass is 10.1. The summed E-state index contributed by atoms with van der Waals surface area (Å²) in [6.07, 6.45) is 0.682. The summed E-state index contributed by atoms with van der Waals surface area (Å²) in [4.78, 5) is 27.9. The van der Waals surface area contributed by atoms with Crippen LogP contribution in [-0.4, -0.2) is 50.9 Å². The Kier molecular flexibility index (Phi) is 10.9. The van der Waals surface area contributed by atoms with Crippen molar-refractivity contribution in [2.75, 3.05) is 24.0 Å². The second-order valence-corrected chi connectivity index (χ2v) is 11.2. The predicted molar refractivity (Wildman–Crippen MR) is 153 cm³/mol. The van der Waals surface area contributed by atoms with Crippen molar-refractivity contribution in [1.29, 1.82) is 0 Å². The minimum atomic E-state index is -4.31. The van der Waals surface area contributed by atoms with E-state index in [1.165, 1.54) is 60.4 Å². The van der Waals surface area contributed by atoms with Gasteiger partial charge in [0.1, 0.15) is 24.2 Å². The molecule has 0 saturated heterocycles. The lowest BCUT2D eigenvalue weighted by Crippen LogP contribution is -2.51. The van der Waals surface area contributed by atoms with E-state index in [0.717, 1.165) is 4.31 Å². The lowest BCUT2D eigenvalue weighted by molar-refractivity contribution is -0.139. The van der Waals surface area contributed by atoms with Gasteiger partial charge in [-0.05, 0) is 62.7 Å². The van der Waals surface area contributed by atoms with Crippen molar-refractivity contribution in [3.63, 3.8) is 0 Å². The van der Waals surface area contributed by atoms with Crippen LogP contribution in [0.3, 0.4) is 0 Å². The molecule has 40 heavy (non-hydrogen) atoms. The van der Waals surface area contributed by atoms with Crippen LogP contribution in [0, 0.1) is 5.82 Å². The summed E-state index contributed by atoms with van der Waals surface area (Å²) in [5, 5.41) is 3.10. The maximum atomic E-state index is 14.6.